The Morgan fingerprint density at radius 1 is 0.763 bits per heavy atom. The molecule has 0 atom stereocenters. The zero-order chi connectivity index (χ0) is 25.5. The number of pyridine rings is 3. The number of nitrogens with zero attached hydrogens (tertiary/aromatic N) is 5. The van der Waals surface area contributed by atoms with Gasteiger partial charge in [0.25, 0.3) is 0 Å². The number of aromatic amines is 1. The number of hydrogen-bond donors (Lipinski definition) is 3. The molecule has 0 radical (unpaired) electrons. The van der Waals surface area contributed by atoms with Gasteiger partial charge in [-0.15, -0.1) is 0 Å². The number of fused-ring (bicyclic) bond motifs is 2. The quantitative estimate of drug-likeness (QED) is 0.239. The van der Waals surface area contributed by atoms with Crippen LogP contribution in [0.1, 0.15) is 12.1 Å². The van der Waals surface area contributed by atoms with Crippen LogP contribution < -0.4 is 15.5 Å². The van der Waals surface area contributed by atoms with Crippen LogP contribution in [0.3, 0.4) is 0 Å². The van der Waals surface area contributed by atoms with E-state index in [2.05, 4.69) is 59.7 Å². The topological polar surface area (TPSA) is 94.6 Å². The third-order valence-corrected chi connectivity index (χ3v) is 6.90. The Morgan fingerprint density at radius 3 is 2.42 bits per heavy atom. The van der Waals surface area contributed by atoms with Crippen molar-refractivity contribution in [1.82, 2.24) is 24.9 Å². The van der Waals surface area contributed by atoms with Crippen LogP contribution in [0, 0.1) is 6.92 Å². The summed E-state index contributed by atoms with van der Waals surface area (Å²) in [6, 6.07) is 22.5. The van der Waals surface area contributed by atoms with Crippen molar-refractivity contribution in [2.24, 2.45) is 0 Å². The summed E-state index contributed by atoms with van der Waals surface area (Å²) >= 11 is 0. The van der Waals surface area contributed by atoms with Gasteiger partial charge in [0.05, 0.1) is 28.4 Å². The van der Waals surface area contributed by atoms with Gasteiger partial charge < -0.3 is 20.5 Å². The van der Waals surface area contributed by atoms with Crippen molar-refractivity contribution in [2.75, 3.05) is 28.6 Å². The van der Waals surface area contributed by atoms with E-state index in [1.807, 2.05) is 61.8 Å². The van der Waals surface area contributed by atoms with Crippen molar-refractivity contribution >= 4 is 50.4 Å². The predicted molar refractivity (Wildman–Crippen MR) is 153 cm³/mol. The van der Waals surface area contributed by atoms with Gasteiger partial charge >= 0.3 is 0 Å². The number of aryl methyl sites for hydroxylation is 1. The van der Waals surface area contributed by atoms with E-state index in [1.54, 1.807) is 6.20 Å². The highest BCUT2D eigenvalue weighted by Gasteiger charge is 2.15. The molecule has 7 rings (SSSR count). The minimum Gasteiger partial charge on any atom is -0.371 e. The van der Waals surface area contributed by atoms with Crippen LogP contribution in [0.25, 0.3) is 33.5 Å². The van der Waals surface area contributed by atoms with Crippen LogP contribution in [0.4, 0.5) is 28.4 Å². The van der Waals surface area contributed by atoms with Crippen molar-refractivity contribution in [1.29, 1.82) is 0 Å². The Balaban J connectivity index is 1.12. The first kappa shape index (κ1) is 22.2. The summed E-state index contributed by atoms with van der Waals surface area (Å²) in [6.07, 6.45) is 6.73. The second kappa shape index (κ2) is 9.15. The molecule has 0 unspecified atom stereocenters. The van der Waals surface area contributed by atoms with E-state index in [0.29, 0.717) is 0 Å². The largest absolute Gasteiger partial charge is 0.371 e. The summed E-state index contributed by atoms with van der Waals surface area (Å²) in [5.41, 5.74) is 9.70. The molecule has 8 heteroatoms. The Labute approximate surface area is 219 Å². The predicted octanol–water partition coefficient (Wildman–Crippen LogP) is 6.57. The van der Waals surface area contributed by atoms with Gasteiger partial charge in [-0.25, -0.2) is 4.98 Å². The fourth-order valence-electron chi connectivity index (χ4n) is 4.78. The number of anilines is 5. The van der Waals surface area contributed by atoms with E-state index in [1.165, 1.54) is 12.1 Å². The van der Waals surface area contributed by atoms with Crippen molar-refractivity contribution in [3.05, 3.63) is 91.0 Å². The molecular formula is C30H26N8. The van der Waals surface area contributed by atoms with Gasteiger partial charge in [-0.1, -0.05) is 0 Å². The zero-order valence-electron chi connectivity index (χ0n) is 20.9. The number of benzene rings is 2. The van der Waals surface area contributed by atoms with Crippen LogP contribution in [0.5, 0.6) is 0 Å². The van der Waals surface area contributed by atoms with Crippen molar-refractivity contribution < 1.29 is 0 Å². The molecule has 0 bridgehead atoms. The van der Waals surface area contributed by atoms with Crippen LogP contribution >= 0.6 is 0 Å². The summed E-state index contributed by atoms with van der Waals surface area (Å²) in [7, 11) is 0. The Hall–Kier alpha value is -4.98. The van der Waals surface area contributed by atoms with Gasteiger partial charge in [0.1, 0.15) is 5.69 Å². The summed E-state index contributed by atoms with van der Waals surface area (Å²) in [4.78, 5) is 24.0. The number of nitrogens with one attached hydrogen (secondary N) is 3. The van der Waals surface area contributed by atoms with E-state index in [9.17, 15) is 0 Å². The molecule has 1 saturated heterocycles. The standard InChI is InChI=1S/C30H26N8/c1-19-15-21(9-11-31-19)34-20-3-6-27-29(16-20)37-30(36-27)28-7-4-22(18-33-28)35-26-10-12-32-25-8-5-23(17-24(25)26)38-13-2-14-38/h3-12,15-18H,2,13-14H2,1H3,(H,31,34)(H,32,35)(H,36,37). The summed E-state index contributed by atoms with van der Waals surface area (Å²) in [5.74, 6) is 0.733. The van der Waals surface area contributed by atoms with Gasteiger partial charge in [0.15, 0.2) is 5.82 Å². The minimum absolute atomic E-state index is 0.733. The zero-order valence-corrected chi connectivity index (χ0v) is 20.9. The third-order valence-electron chi connectivity index (χ3n) is 6.90. The van der Waals surface area contributed by atoms with Gasteiger partial charge in [0, 0.05) is 59.3 Å². The van der Waals surface area contributed by atoms with E-state index in [-0.39, 0.29) is 0 Å². The van der Waals surface area contributed by atoms with Crippen LogP contribution in [-0.2, 0) is 0 Å². The third kappa shape index (κ3) is 4.26. The monoisotopic (exact) mass is 498 g/mol. The average molecular weight is 499 g/mol. The smallest absolute Gasteiger partial charge is 0.157 e. The van der Waals surface area contributed by atoms with Crippen LogP contribution in [0.15, 0.2) is 85.3 Å². The molecule has 186 valence electrons. The first-order valence-electron chi connectivity index (χ1n) is 12.7. The maximum atomic E-state index is 4.75. The number of hydrogen-bond acceptors (Lipinski definition) is 7. The fraction of sp³-hybridized carbons (Fsp3) is 0.133. The average Bonchev–Trinajstić information content (AvgIpc) is 3.32. The van der Waals surface area contributed by atoms with Crippen LogP contribution in [0.2, 0.25) is 0 Å². The number of imidazole rings is 1. The molecule has 3 N–H and O–H groups in total. The lowest BCUT2D eigenvalue weighted by atomic mass is 10.1. The molecule has 6 aromatic rings. The van der Waals surface area contributed by atoms with E-state index >= 15 is 0 Å². The molecule has 0 aliphatic carbocycles. The SMILES string of the molecule is Cc1cc(Nc2ccc3nc(-c4ccc(Nc5ccnc6ccc(N7CCC7)cc56)cn4)[nH]c3c2)ccn1. The highest BCUT2D eigenvalue weighted by molar-refractivity contribution is 5.95. The van der Waals surface area contributed by atoms with Crippen LogP contribution in [-0.4, -0.2) is 38.0 Å². The Bertz CT molecular complexity index is 1770. The molecule has 8 nitrogen and oxygen atoms in total. The normalized spacial score (nSPS) is 13.0. The summed E-state index contributed by atoms with van der Waals surface area (Å²) in [5, 5.41) is 8.05. The first-order chi connectivity index (χ1) is 18.7. The van der Waals surface area contributed by atoms with E-state index < -0.39 is 0 Å². The lowest BCUT2D eigenvalue weighted by molar-refractivity contribution is 0.618. The molecule has 1 fully saturated rings. The molecule has 0 spiro atoms. The molecule has 0 saturated carbocycles. The lowest BCUT2D eigenvalue weighted by Crippen LogP contribution is -2.36. The number of H-pyrrole nitrogens is 1. The van der Waals surface area contributed by atoms with E-state index in [0.717, 1.165) is 75.0 Å². The van der Waals surface area contributed by atoms with Gasteiger partial charge in [-0.3, -0.25) is 15.0 Å². The molecule has 1 aliphatic rings. The summed E-state index contributed by atoms with van der Waals surface area (Å²) in [6.45, 7) is 4.21. The molecule has 2 aromatic carbocycles. The molecule has 1 aliphatic heterocycles. The Morgan fingerprint density at radius 2 is 1.61 bits per heavy atom. The van der Waals surface area contributed by atoms with Crippen molar-refractivity contribution in [3.8, 4) is 11.5 Å². The van der Waals surface area contributed by atoms with Gasteiger partial charge in [0.2, 0.25) is 0 Å². The molecule has 0 amide bonds. The number of aromatic nitrogens is 5. The summed E-state index contributed by atoms with van der Waals surface area (Å²) < 4.78 is 0. The molecular weight excluding hydrogens is 472 g/mol. The minimum atomic E-state index is 0.733. The van der Waals surface area contributed by atoms with Gasteiger partial charge in [-0.05, 0) is 80.1 Å². The highest BCUT2D eigenvalue weighted by Crippen LogP contribution is 2.31. The molecule has 5 heterocycles. The maximum absolute atomic E-state index is 4.75. The second-order valence-electron chi connectivity index (χ2n) is 9.59. The van der Waals surface area contributed by atoms with Gasteiger partial charge in [-0.2, -0.15) is 0 Å². The number of rotatable bonds is 6. The van der Waals surface area contributed by atoms with E-state index in [4.69, 9.17) is 4.98 Å². The second-order valence-corrected chi connectivity index (χ2v) is 9.59. The lowest BCUT2D eigenvalue weighted by Gasteiger charge is -2.33. The maximum Gasteiger partial charge on any atom is 0.157 e. The first-order valence-corrected chi connectivity index (χ1v) is 12.7. The Kier molecular flexibility index (Phi) is 5.36. The fourth-order valence-corrected chi connectivity index (χ4v) is 4.78. The molecule has 4 aromatic heterocycles. The highest BCUT2D eigenvalue weighted by atomic mass is 15.2. The molecule has 38 heavy (non-hydrogen) atoms. The van der Waals surface area contributed by atoms with Crippen molar-refractivity contribution in [2.45, 2.75) is 13.3 Å². The van der Waals surface area contributed by atoms with Crippen molar-refractivity contribution in [3.63, 3.8) is 0 Å².